The zero-order chi connectivity index (χ0) is 25.4. The summed E-state index contributed by atoms with van der Waals surface area (Å²) in [5.74, 6) is -0.887. The van der Waals surface area contributed by atoms with Crippen molar-refractivity contribution in [2.75, 3.05) is 30.4 Å². The summed E-state index contributed by atoms with van der Waals surface area (Å²) in [6, 6.07) is 4.40. The Morgan fingerprint density at radius 2 is 1.79 bits per heavy atom. The van der Waals surface area contributed by atoms with Gasteiger partial charge in [-0.1, -0.05) is 12.2 Å². The van der Waals surface area contributed by atoms with Gasteiger partial charge in [0.05, 0.1) is 40.5 Å². The number of rotatable bonds is 11. The first kappa shape index (κ1) is 25.5. The first-order valence-electron chi connectivity index (χ1n) is 9.66. The minimum atomic E-state index is -0.929. The normalized spacial score (nSPS) is 10.5. The molecule has 0 unspecified atom stereocenters. The van der Waals surface area contributed by atoms with Crippen LogP contribution in [0.15, 0.2) is 59.8 Å². The number of nitro benzene ring substituents is 2. The number of nitro groups is 2. The van der Waals surface area contributed by atoms with Crippen LogP contribution in [0, 0.1) is 20.2 Å². The fourth-order valence-corrected chi connectivity index (χ4v) is 2.96. The molecule has 0 heterocycles. The van der Waals surface area contributed by atoms with Gasteiger partial charge in [-0.25, -0.2) is 0 Å². The topological polar surface area (TPSA) is 173 Å². The number of anilines is 2. The number of carbonyl (C=O) groups excluding carboxylic acids is 1. The second-order valence-electron chi connectivity index (χ2n) is 6.75. The standard InChI is InChI=1S/C21H22N6O7/c1-5-7-25(8-6-2)17-11-15(22-13(3)28)16(12-20(17)34-4)23-24-21-18(27(32)33)9-14(26(30)31)10-19(21)29/h5-6,9-12,29H,1-2,7-8H2,3-4H3,(H,22,28)/b24-23+. The molecule has 0 atom stereocenters. The van der Waals surface area contributed by atoms with Gasteiger partial charge in [-0.05, 0) is 6.07 Å². The Bertz CT molecular complexity index is 1170. The van der Waals surface area contributed by atoms with Gasteiger partial charge >= 0.3 is 5.69 Å². The zero-order valence-electron chi connectivity index (χ0n) is 18.4. The molecule has 2 aromatic rings. The average Bonchev–Trinajstić information content (AvgIpc) is 2.77. The molecule has 0 fully saturated rings. The number of amides is 1. The summed E-state index contributed by atoms with van der Waals surface area (Å²) in [7, 11) is 1.42. The Morgan fingerprint density at radius 3 is 2.29 bits per heavy atom. The number of nitrogens with one attached hydrogen (secondary N) is 1. The summed E-state index contributed by atoms with van der Waals surface area (Å²) < 4.78 is 5.44. The number of non-ortho nitro benzene ring substituents is 1. The van der Waals surface area contributed by atoms with Crippen molar-refractivity contribution in [1.29, 1.82) is 0 Å². The minimum Gasteiger partial charge on any atom is -0.505 e. The summed E-state index contributed by atoms with van der Waals surface area (Å²) in [4.78, 5) is 34.2. The second kappa shape index (κ2) is 11.2. The van der Waals surface area contributed by atoms with E-state index in [1.54, 1.807) is 18.2 Å². The fraction of sp³-hybridized carbons (Fsp3) is 0.190. The Morgan fingerprint density at radius 1 is 1.15 bits per heavy atom. The quantitative estimate of drug-likeness (QED) is 0.204. The van der Waals surface area contributed by atoms with Crippen LogP contribution in [0.1, 0.15) is 6.92 Å². The molecule has 13 heteroatoms. The number of phenolic OH excluding ortho intramolecular Hbond substituents is 1. The number of azo groups is 1. The van der Waals surface area contributed by atoms with Gasteiger partial charge in [0.25, 0.3) is 5.69 Å². The van der Waals surface area contributed by atoms with Crippen LogP contribution >= 0.6 is 0 Å². The lowest BCUT2D eigenvalue weighted by atomic mass is 10.2. The smallest absolute Gasteiger partial charge is 0.307 e. The van der Waals surface area contributed by atoms with E-state index < -0.39 is 38.6 Å². The molecule has 0 radical (unpaired) electrons. The monoisotopic (exact) mass is 470 g/mol. The molecule has 0 aliphatic carbocycles. The van der Waals surface area contributed by atoms with Crippen molar-refractivity contribution in [2.45, 2.75) is 6.92 Å². The molecule has 0 spiro atoms. The predicted molar refractivity (Wildman–Crippen MR) is 125 cm³/mol. The third-order valence-corrected chi connectivity index (χ3v) is 4.37. The van der Waals surface area contributed by atoms with Crippen LogP contribution in [0.3, 0.4) is 0 Å². The van der Waals surface area contributed by atoms with E-state index in [0.717, 1.165) is 6.07 Å². The van der Waals surface area contributed by atoms with Gasteiger partial charge in [0.1, 0.15) is 11.4 Å². The van der Waals surface area contributed by atoms with Crippen LogP contribution in [0.5, 0.6) is 11.5 Å². The summed E-state index contributed by atoms with van der Waals surface area (Å²) in [5, 5.41) is 42.8. The lowest BCUT2D eigenvalue weighted by Gasteiger charge is -2.25. The molecule has 0 bridgehead atoms. The van der Waals surface area contributed by atoms with E-state index in [2.05, 4.69) is 28.7 Å². The number of hydrogen-bond acceptors (Lipinski definition) is 10. The highest BCUT2D eigenvalue weighted by Crippen LogP contribution is 2.43. The van der Waals surface area contributed by atoms with Gasteiger partial charge in [-0.3, -0.25) is 25.0 Å². The maximum Gasteiger partial charge on any atom is 0.307 e. The number of methoxy groups -OCH3 is 1. The number of carbonyl (C=O) groups is 1. The number of hydrogen-bond donors (Lipinski definition) is 2. The average molecular weight is 470 g/mol. The van der Waals surface area contributed by atoms with Crippen LogP contribution in [0.25, 0.3) is 0 Å². The molecule has 2 N–H and O–H groups in total. The van der Waals surface area contributed by atoms with Gasteiger partial charge in [0.2, 0.25) is 11.6 Å². The Hall–Kier alpha value is -4.81. The van der Waals surface area contributed by atoms with Crippen molar-refractivity contribution < 1.29 is 24.5 Å². The van der Waals surface area contributed by atoms with Crippen molar-refractivity contribution in [3.05, 3.63) is 69.8 Å². The molecule has 0 aliphatic rings. The first-order chi connectivity index (χ1) is 16.1. The van der Waals surface area contributed by atoms with E-state index in [1.807, 2.05) is 4.90 Å². The summed E-state index contributed by atoms with van der Waals surface area (Å²) in [6.45, 7) is 9.60. The van der Waals surface area contributed by atoms with Crippen molar-refractivity contribution in [3.8, 4) is 11.5 Å². The second-order valence-corrected chi connectivity index (χ2v) is 6.75. The maximum atomic E-state index is 11.8. The van der Waals surface area contributed by atoms with Crippen molar-refractivity contribution in [2.24, 2.45) is 10.2 Å². The molecule has 0 aliphatic heterocycles. The van der Waals surface area contributed by atoms with Crippen LogP contribution in [-0.4, -0.2) is 41.1 Å². The molecule has 1 amide bonds. The van der Waals surface area contributed by atoms with Crippen LogP contribution in [0.4, 0.5) is 34.1 Å². The van der Waals surface area contributed by atoms with Crippen LogP contribution in [0.2, 0.25) is 0 Å². The van der Waals surface area contributed by atoms with Crippen molar-refractivity contribution in [1.82, 2.24) is 0 Å². The number of benzene rings is 2. The Balaban J connectivity index is 2.68. The molecule has 13 nitrogen and oxygen atoms in total. The molecule has 2 rings (SSSR count). The summed E-state index contributed by atoms with van der Waals surface area (Å²) in [6.07, 6.45) is 3.34. The number of ether oxygens (including phenoxy) is 1. The van der Waals surface area contributed by atoms with Gasteiger partial charge in [-0.15, -0.1) is 23.4 Å². The molecule has 0 aromatic heterocycles. The molecule has 178 valence electrons. The van der Waals surface area contributed by atoms with Crippen molar-refractivity contribution in [3.63, 3.8) is 0 Å². The molecule has 0 saturated carbocycles. The number of phenols is 1. The highest BCUT2D eigenvalue weighted by molar-refractivity contribution is 5.94. The van der Waals surface area contributed by atoms with E-state index >= 15 is 0 Å². The third-order valence-electron chi connectivity index (χ3n) is 4.37. The highest BCUT2D eigenvalue weighted by Gasteiger charge is 2.25. The SMILES string of the molecule is C=CCN(CC=C)c1cc(NC(C)=O)c(/N=N/c2c(O)cc([N+](=O)[O-])cc2[N+](=O)[O-])cc1OC. The lowest BCUT2D eigenvalue weighted by molar-refractivity contribution is -0.393. The van der Waals surface area contributed by atoms with Gasteiger partial charge in [0, 0.05) is 26.1 Å². The van der Waals surface area contributed by atoms with Gasteiger partial charge < -0.3 is 20.1 Å². The Kier molecular flexibility index (Phi) is 8.36. The van der Waals surface area contributed by atoms with E-state index in [-0.39, 0.29) is 11.4 Å². The van der Waals surface area contributed by atoms with E-state index in [9.17, 15) is 30.1 Å². The van der Waals surface area contributed by atoms with E-state index in [4.69, 9.17) is 4.74 Å². The fourth-order valence-electron chi connectivity index (χ4n) is 2.96. The maximum absolute atomic E-state index is 11.8. The Labute approximate surface area is 194 Å². The van der Waals surface area contributed by atoms with Crippen molar-refractivity contribution >= 4 is 40.0 Å². The molecule has 2 aromatic carbocycles. The molecule has 34 heavy (non-hydrogen) atoms. The number of nitrogens with zero attached hydrogens (tertiary/aromatic N) is 5. The van der Waals surface area contributed by atoms with E-state index in [0.29, 0.717) is 30.6 Å². The van der Waals surface area contributed by atoms with Crippen LogP contribution < -0.4 is 15.0 Å². The van der Waals surface area contributed by atoms with Crippen LogP contribution in [-0.2, 0) is 4.79 Å². The molecular weight excluding hydrogens is 448 g/mol. The predicted octanol–water partition coefficient (Wildman–Crippen LogP) is 4.77. The van der Waals surface area contributed by atoms with Gasteiger partial charge in [-0.2, -0.15) is 0 Å². The lowest BCUT2D eigenvalue weighted by Crippen LogP contribution is -2.24. The largest absolute Gasteiger partial charge is 0.505 e. The number of aromatic hydroxyl groups is 1. The summed E-state index contributed by atoms with van der Waals surface area (Å²) >= 11 is 0. The van der Waals surface area contributed by atoms with E-state index in [1.165, 1.54) is 20.1 Å². The van der Waals surface area contributed by atoms with Gasteiger partial charge in [0.15, 0.2) is 5.75 Å². The highest BCUT2D eigenvalue weighted by atomic mass is 16.6. The first-order valence-corrected chi connectivity index (χ1v) is 9.66. The zero-order valence-corrected chi connectivity index (χ0v) is 18.4. The minimum absolute atomic E-state index is 0.0556. The molecule has 0 saturated heterocycles. The summed E-state index contributed by atoms with van der Waals surface area (Å²) in [5.41, 5.74) is -1.25. The third kappa shape index (κ3) is 5.91. The molecular formula is C21H22N6O7.